The minimum absolute atomic E-state index is 0.261. The van der Waals surface area contributed by atoms with Crippen LogP contribution in [-0.4, -0.2) is 24.2 Å². The minimum Gasteiger partial charge on any atom is -0.329 e. The zero-order valence-electron chi connectivity index (χ0n) is 11.6. The van der Waals surface area contributed by atoms with Crippen molar-refractivity contribution in [3.8, 4) is 5.69 Å². The molecule has 0 aliphatic rings. The van der Waals surface area contributed by atoms with Gasteiger partial charge in [0.2, 0.25) is 0 Å². The van der Waals surface area contributed by atoms with Crippen LogP contribution in [0.25, 0.3) is 16.7 Å². The first-order valence-electron chi connectivity index (χ1n) is 6.39. The first-order chi connectivity index (χ1) is 9.88. The van der Waals surface area contributed by atoms with E-state index in [9.17, 15) is 8.42 Å². The number of nitrogens with one attached hydrogen (secondary N) is 1. The number of sulfone groups is 1. The van der Waals surface area contributed by atoms with Crippen molar-refractivity contribution < 1.29 is 8.42 Å². The number of fused-ring (bicyclic) bond motifs is 1. The van der Waals surface area contributed by atoms with Gasteiger partial charge in [0.1, 0.15) is 0 Å². The van der Waals surface area contributed by atoms with Crippen molar-refractivity contribution in [2.45, 2.75) is 11.8 Å². The van der Waals surface area contributed by atoms with Crippen molar-refractivity contribution in [3.05, 3.63) is 52.8 Å². The highest BCUT2D eigenvalue weighted by atomic mass is 32.2. The van der Waals surface area contributed by atoms with Crippen LogP contribution in [0.2, 0.25) is 0 Å². The summed E-state index contributed by atoms with van der Waals surface area (Å²) < 4.78 is 26.1. The monoisotopic (exact) mass is 318 g/mol. The molecule has 3 aromatic rings. The van der Waals surface area contributed by atoms with Gasteiger partial charge in [-0.05, 0) is 43.4 Å². The van der Waals surface area contributed by atoms with Gasteiger partial charge in [-0.3, -0.25) is 4.57 Å². The van der Waals surface area contributed by atoms with Crippen molar-refractivity contribution in [1.82, 2.24) is 9.55 Å². The van der Waals surface area contributed by atoms with Gasteiger partial charge < -0.3 is 4.98 Å². The molecule has 3 rings (SSSR count). The van der Waals surface area contributed by atoms with Crippen molar-refractivity contribution in [2.24, 2.45) is 0 Å². The maximum Gasteiger partial charge on any atom is 0.182 e. The molecule has 1 heterocycles. The van der Waals surface area contributed by atoms with E-state index in [0.717, 1.165) is 16.8 Å². The predicted molar refractivity (Wildman–Crippen MR) is 86.3 cm³/mol. The second kappa shape index (κ2) is 4.82. The highest BCUT2D eigenvalue weighted by Gasteiger charge is 2.16. The molecule has 0 saturated heterocycles. The van der Waals surface area contributed by atoms with Gasteiger partial charge in [0.05, 0.1) is 15.9 Å². The lowest BCUT2D eigenvalue weighted by Gasteiger charge is -2.06. The number of hydrogen-bond donors (Lipinski definition) is 1. The van der Waals surface area contributed by atoms with Gasteiger partial charge in [0.15, 0.2) is 14.6 Å². The van der Waals surface area contributed by atoms with Crippen LogP contribution in [0, 0.1) is 11.7 Å². The fraction of sp³-hybridized carbons (Fsp3) is 0.133. The minimum atomic E-state index is -3.31. The molecule has 0 atom stereocenters. The van der Waals surface area contributed by atoms with E-state index in [1.165, 1.54) is 6.26 Å². The van der Waals surface area contributed by atoms with Gasteiger partial charge in [-0.25, -0.2) is 8.42 Å². The summed E-state index contributed by atoms with van der Waals surface area (Å²) in [5.41, 5.74) is 3.36. The van der Waals surface area contributed by atoms with Crippen LogP contribution in [0.3, 0.4) is 0 Å². The van der Waals surface area contributed by atoms with E-state index < -0.39 is 9.84 Å². The Kier molecular flexibility index (Phi) is 3.22. The number of nitrogens with zero attached hydrogens (tertiary/aromatic N) is 1. The van der Waals surface area contributed by atoms with Crippen molar-refractivity contribution in [2.75, 3.05) is 6.26 Å². The smallest absolute Gasteiger partial charge is 0.182 e. The Hall–Kier alpha value is -1.92. The quantitative estimate of drug-likeness (QED) is 0.737. The molecule has 2 aromatic carbocycles. The number of aryl methyl sites for hydroxylation is 1. The third-order valence-electron chi connectivity index (χ3n) is 3.37. The number of para-hydroxylation sites is 1. The van der Waals surface area contributed by atoms with Crippen molar-refractivity contribution >= 4 is 33.1 Å². The molecule has 0 bridgehead atoms. The number of hydrogen-bond acceptors (Lipinski definition) is 3. The molecule has 1 aromatic heterocycles. The van der Waals surface area contributed by atoms with Crippen LogP contribution >= 0.6 is 12.2 Å². The summed E-state index contributed by atoms with van der Waals surface area (Å²) in [5.74, 6) is 0. The molecule has 6 heteroatoms. The fourth-order valence-electron chi connectivity index (χ4n) is 2.36. The van der Waals surface area contributed by atoms with Crippen LogP contribution in [0.15, 0.2) is 47.4 Å². The van der Waals surface area contributed by atoms with Gasteiger partial charge in [0.25, 0.3) is 0 Å². The van der Waals surface area contributed by atoms with E-state index in [1.807, 2.05) is 41.8 Å². The zero-order valence-corrected chi connectivity index (χ0v) is 13.3. The lowest BCUT2D eigenvalue weighted by atomic mass is 10.2. The summed E-state index contributed by atoms with van der Waals surface area (Å²) in [6, 6.07) is 13.1. The molecule has 4 nitrogen and oxygen atoms in total. The summed E-state index contributed by atoms with van der Waals surface area (Å²) in [6.07, 6.45) is 1.20. The number of rotatable bonds is 2. The number of aromatic amines is 1. The molecule has 0 saturated carbocycles. The van der Waals surface area contributed by atoms with Crippen LogP contribution in [0.1, 0.15) is 5.56 Å². The first kappa shape index (κ1) is 14.0. The normalized spacial score (nSPS) is 11.9. The average molecular weight is 318 g/mol. The zero-order chi connectivity index (χ0) is 15.2. The molecule has 0 aliphatic carbocycles. The maximum absolute atomic E-state index is 11.9. The number of imidazole rings is 1. The van der Waals surface area contributed by atoms with Gasteiger partial charge in [0, 0.05) is 11.9 Å². The molecule has 0 radical (unpaired) electrons. The second-order valence-electron chi connectivity index (χ2n) is 5.02. The average Bonchev–Trinajstić information content (AvgIpc) is 2.74. The highest BCUT2D eigenvalue weighted by Crippen LogP contribution is 2.25. The molecule has 108 valence electrons. The summed E-state index contributed by atoms with van der Waals surface area (Å²) in [5, 5.41) is 0. The molecule has 0 amide bonds. The highest BCUT2D eigenvalue weighted by molar-refractivity contribution is 7.91. The molecule has 0 unspecified atom stereocenters. The summed E-state index contributed by atoms with van der Waals surface area (Å²) in [4.78, 5) is 3.27. The van der Waals surface area contributed by atoms with E-state index in [4.69, 9.17) is 12.2 Å². The molecule has 0 fully saturated rings. The molecule has 0 spiro atoms. The largest absolute Gasteiger partial charge is 0.329 e. The Bertz CT molecular complexity index is 981. The second-order valence-corrected chi connectivity index (χ2v) is 7.39. The Labute approximate surface area is 128 Å². The Balaban J connectivity index is 2.38. The first-order valence-corrected chi connectivity index (χ1v) is 8.69. The van der Waals surface area contributed by atoms with Crippen LogP contribution < -0.4 is 0 Å². The Morgan fingerprint density at radius 3 is 2.38 bits per heavy atom. The van der Waals surface area contributed by atoms with E-state index >= 15 is 0 Å². The standard InChI is InChI=1S/C15H14N2O2S2/c1-10-6-8-11(9-7-10)17-12-4-3-5-13(21(2,18)19)14(12)16-15(17)20/h3-9H,1-2H3,(H,16,20). The van der Waals surface area contributed by atoms with E-state index in [-0.39, 0.29) is 4.90 Å². The molecule has 1 N–H and O–H groups in total. The van der Waals surface area contributed by atoms with Crippen LogP contribution in [0.4, 0.5) is 0 Å². The van der Waals surface area contributed by atoms with E-state index in [0.29, 0.717) is 10.3 Å². The Morgan fingerprint density at radius 1 is 1.10 bits per heavy atom. The molecule has 0 aliphatic heterocycles. The van der Waals surface area contributed by atoms with Crippen molar-refractivity contribution in [3.63, 3.8) is 0 Å². The lowest BCUT2D eigenvalue weighted by molar-refractivity contribution is 0.602. The lowest BCUT2D eigenvalue weighted by Crippen LogP contribution is -1.98. The summed E-state index contributed by atoms with van der Waals surface area (Å²) in [7, 11) is -3.31. The number of aromatic nitrogens is 2. The van der Waals surface area contributed by atoms with Gasteiger partial charge in [-0.15, -0.1) is 0 Å². The maximum atomic E-state index is 11.9. The van der Waals surface area contributed by atoms with E-state index in [1.54, 1.807) is 12.1 Å². The molecular formula is C15H14N2O2S2. The number of benzene rings is 2. The van der Waals surface area contributed by atoms with E-state index in [2.05, 4.69) is 4.98 Å². The fourth-order valence-corrected chi connectivity index (χ4v) is 3.52. The van der Waals surface area contributed by atoms with Crippen LogP contribution in [-0.2, 0) is 9.84 Å². The number of H-pyrrole nitrogens is 1. The third-order valence-corrected chi connectivity index (χ3v) is 4.80. The summed E-state index contributed by atoms with van der Waals surface area (Å²) in [6.45, 7) is 2.01. The molecule has 21 heavy (non-hydrogen) atoms. The SMILES string of the molecule is Cc1ccc(-n2c(=S)[nH]c3c(S(C)(=O)=O)cccc32)cc1. The summed E-state index contributed by atoms with van der Waals surface area (Å²) >= 11 is 5.36. The third kappa shape index (κ3) is 2.41. The van der Waals surface area contributed by atoms with Crippen LogP contribution in [0.5, 0.6) is 0 Å². The van der Waals surface area contributed by atoms with Gasteiger partial charge in [-0.1, -0.05) is 23.8 Å². The van der Waals surface area contributed by atoms with Gasteiger partial charge in [-0.2, -0.15) is 0 Å². The van der Waals surface area contributed by atoms with Gasteiger partial charge >= 0.3 is 0 Å². The topological polar surface area (TPSA) is 54.9 Å². The Morgan fingerprint density at radius 2 is 1.76 bits per heavy atom. The predicted octanol–water partition coefficient (Wildman–Crippen LogP) is 3.40. The molecular weight excluding hydrogens is 304 g/mol. The van der Waals surface area contributed by atoms with Crippen molar-refractivity contribution in [1.29, 1.82) is 0 Å².